The Bertz CT molecular complexity index is 3190. The summed E-state index contributed by atoms with van der Waals surface area (Å²) >= 11 is 0. The summed E-state index contributed by atoms with van der Waals surface area (Å²) in [6, 6.07) is 36.7. The molecule has 0 radical (unpaired) electrons. The Balaban J connectivity index is 0.000000273. The first-order valence-corrected chi connectivity index (χ1v) is 27.7. The van der Waals surface area contributed by atoms with Crippen molar-refractivity contribution in [2.24, 2.45) is 21.7 Å². The first kappa shape index (κ1) is 68.9. The van der Waals surface area contributed by atoms with E-state index in [1.54, 1.807) is 70.2 Å². The Kier molecular flexibility index (Phi) is 25.0. The van der Waals surface area contributed by atoms with E-state index in [9.17, 15) is 33.8 Å². The number of hydrogen-bond acceptors (Lipinski definition) is 14. The van der Waals surface area contributed by atoms with Crippen LogP contribution in [0.3, 0.4) is 0 Å². The van der Waals surface area contributed by atoms with Gasteiger partial charge in [0.1, 0.15) is 41.1 Å². The van der Waals surface area contributed by atoms with Gasteiger partial charge in [0.15, 0.2) is 23.1 Å². The summed E-state index contributed by atoms with van der Waals surface area (Å²) in [6.45, 7) is 29.2. The lowest BCUT2D eigenvalue weighted by molar-refractivity contribution is -0.155. The predicted octanol–water partition coefficient (Wildman–Crippen LogP) is 16.3. The van der Waals surface area contributed by atoms with Crippen LogP contribution in [0.5, 0.6) is 51.7 Å². The average molecular weight is 1150 g/mol. The van der Waals surface area contributed by atoms with Gasteiger partial charge in [0.25, 0.3) is 0 Å². The molecule has 0 aromatic heterocycles. The quantitative estimate of drug-likeness (QED) is 0.0243. The van der Waals surface area contributed by atoms with Gasteiger partial charge in [-0.25, -0.2) is 4.39 Å². The monoisotopic (exact) mass is 1140 g/mol. The number of phenols is 6. The molecule has 15 heteroatoms. The van der Waals surface area contributed by atoms with Gasteiger partial charge < -0.3 is 49.6 Å². The van der Waals surface area contributed by atoms with Crippen LogP contribution in [0.15, 0.2) is 133 Å². The van der Waals surface area contributed by atoms with Crippen molar-refractivity contribution in [3.8, 4) is 51.7 Å². The predicted molar refractivity (Wildman–Crippen MR) is 323 cm³/mol. The Hall–Kier alpha value is -8.33. The van der Waals surface area contributed by atoms with Crippen LogP contribution < -0.4 is 14.2 Å². The standard InChI is InChI=1S/C19H20O.C13H18O3.C12H15FO3.C12H16O4.C12H16O3/c1-4-19(2,3)17-7-5-13-10-16-12-18(20)8-6-14(16)9-15(13)11-17;1-4-13(2,3)12(15)16-9-10-5-7-11(14)8-6-10;1-4-12(2,3)11(15)16-8-5-6-10(14)9(13)7-8;1-4-12(2,3)11(15)16-8-5-6-9(13)10(14)7-8;1-4-12(2,3)11(14)15-10-7-5-9(13)6-8-10/h5-12,20H,4H2,1-3H3;5-8,14H,4,9H2,1-3H3;5-7,14H,4H2,1-3H3;5-7,13-14H,4H2,1-3H3;5-8,13H,4H2,1-3H3. The number of hydrogen-bond donors (Lipinski definition) is 6. The molecule has 6 N–H and O–H groups in total. The van der Waals surface area contributed by atoms with Crippen molar-refractivity contribution < 1.29 is 73.2 Å². The molecule has 7 rings (SSSR count). The van der Waals surface area contributed by atoms with Gasteiger partial charge in [-0.15, -0.1) is 0 Å². The zero-order valence-corrected chi connectivity index (χ0v) is 50.8. The summed E-state index contributed by atoms with van der Waals surface area (Å²) in [7, 11) is 0. The lowest BCUT2D eigenvalue weighted by atomic mass is 9.81. The van der Waals surface area contributed by atoms with Gasteiger partial charge in [-0.2, -0.15) is 0 Å². The van der Waals surface area contributed by atoms with Crippen molar-refractivity contribution in [2.45, 2.75) is 148 Å². The fourth-order valence-corrected chi connectivity index (χ4v) is 6.49. The second kappa shape index (κ2) is 30.1. The molecule has 0 amide bonds. The number of rotatable bonds is 15. The second-order valence-corrected chi connectivity index (χ2v) is 23.3. The third-order valence-electron chi connectivity index (χ3n) is 14.8. The van der Waals surface area contributed by atoms with Crippen LogP contribution in [0.1, 0.15) is 147 Å². The van der Waals surface area contributed by atoms with Gasteiger partial charge in [0.05, 0.1) is 21.7 Å². The van der Waals surface area contributed by atoms with Crippen molar-refractivity contribution in [1.29, 1.82) is 0 Å². The lowest BCUT2D eigenvalue weighted by Gasteiger charge is -2.23. The van der Waals surface area contributed by atoms with Crippen LogP contribution in [0, 0.1) is 27.5 Å². The number of carbonyl (C=O) groups excluding carboxylic acids is 4. The second-order valence-electron chi connectivity index (χ2n) is 23.3. The Morgan fingerprint density at radius 2 is 0.759 bits per heavy atom. The molecule has 0 saturated carbocycles. The summed E-state index contributed by atoms with van der Waals surface area (Å²) < 4.78 is 33.5. The smallest absolute Gasteiger partial charge is 0.316 e. The lowest BCUT2D eigenvalue weighted by Crippen LogP contribution is -2.28. The number of ether oxygens (including phenoxy) is 4. The van der Waals surface area contributed by atoms with Crippen LogP contribution in [-0.2, 0) is 35.9 Å². The van der Waals surface area contributed by atoms with Crippen molar-refractivity contribution in [3.63, 3.8) is 0 Å². The average Bonchev–Trinajstić information content (AvgIpc) is 3.63. The Morgan fingerprint density at radius 1 is 0.373 bits per heavy atom. The maximum atomic E-state index is 13.0. The highest BCUT2D eigenvalue weighted by molar-refractivity contribution is 5.99. The fourth-order valence-electron chi connectivity index (χ4n) is 6.49. The fraction of sp³-hybridized carbons (Fsp3) is 0.382. The van der Waals surface area contributed by atoms with Gasteiger partial charge >= 0.3 is 23.9 Å². The third-order valence-corrected chi connectivity index (χ3v) is 14.8. The molecule has 0 heterocycles. The van der Waals surface area contributed by atoms with Crippen LogP contribution in [0.2, 0.25) is 0 Å². The van der Waals surface area contributed by atoms with Gasteiger partial charge in [-0.1, -0.05) is 84.9 Å². The molecule has 83 heavy (non-hydrogen) atoms. The van der Waals surface area contributed by atoms with E-state index < -0.39 is 39.2 Å². The summed E-state index contributed by atoms with van der Waals surface area (Å²) in [5.74, 6) is -1.57. The number of fused-ring (bicyclic) bond motifs is 2. The molecule has 0 bridgehead atoms. The highest BCUT2D eigenvalue weighted by atomic mass is 19.1. The Labute approximate surface area is 488 Å². The maximum absolute atomic E-state index is 13.0. The molecule has 0 unspecified atom stereocenters. The van der Waals surface area contributed by atoms with E-state index in [0.29, 0.717) is 24.3 Å². The number of phenolic OH excluding ortho intramolecular Hbond substituents is 6. The highest BCUT2D eigenvalue weighted by Crippen LogP contribution is 2.34. The van der Waals surface area contributed by atoms with Crippen LogP contribution in [0.25, 0.3) is 21.5 Å². The van der Waals surface area contributed by atoms with E-state index in [0.717, 1.165) is 42.3 Å². The normalized spacial score (nSPS) is 11.4. The molecule has 7 aromatic carbocycles. The Morgan fingerprint density at radius 3 is 1.20 bits per heavy atom. The number of aromatic hydroxyl groups is 6. The van der Waals surface area contributed by atoms with Crippen LogP contribution >= 0.6 is 0 Å². The molecule has 0 atom stereocenters. The first-order valence-electron chi connectivity index (χ1n) is 27.7. The van der Waals surface area contributed by atoms with Gasteiger partial charge in [0.2, 0.25) is 0 Å². The summed E-state index contributed by atoms with van der Waals surface area (Å²) in [6.07, 6.45) is 3.90. The number of esters is 4. The van der Waals surface area contributed by atoms with Crippen molar-refractivity contribution in [2.75, 3.05) is 0 Å². The minimum absolute atomic E-state index is 0.0989. The summed E-state index contributed by atoms with van der Waals surface area (Å²) in [5.41, 5.74) is 0.387. The van der Waals surface area contributed by atoms with E-state index in [-0.39, 0.29) is 64.4 Å². The summed E-state index contributed by atoms with van der Waals surface area (Å²) in [4.78, 5) is 46.7. The van der Waals surface area contributed by atoms with Gasteiger partial charge in [0, 0.05) is 12.1 Å². The number of halogens is 1. The third kappa shape index (κ3) is 21.2. The molecular formula is C68H85FO14. The van der Waals surface area contributed by atoms with Crippen LogP contribution in [0.4, 0.5) is 4.39 Å². The number of carbonyl (C=O) groups is 4. The van der Waals surface area contributed by atoms with E-state index in [1.807, 2.05) is 67.5 Å². The molecule has 0 spiro atoms. The molecular weight excluding hydrogens is 1060 g/mol. The molecule has 0 aliphatic carbocycles. The SMILES string of the molecule is CCC(C)(C)C(=O)OCc1ccc(O)cc1.CCC(C)(C)C(=O)Oc1ccc(O)c(F)c1.CCC(C)(C)C(=O)Oc1ccc(O)c(O)c1.CCC(C)(C)C(=O)Oc1ccc(O)cc1.CCC(C)(C)c1ccc2cc3cc(O)ccc3cc2c1. The van der Waals surface area contributed by atoms with E-state index in [4.69, 9.17) is 39.4 Å². The molecule has 0 saturated heterocycles. The van der Waals surface area contributed by atoms with E-state index in [2.05, 4.69) is 51.1 Å². The van der Waals surface area contributed by atoms with Gasteiger partial charge in [-0.05, 0) is 211 Å². The van der Waals surface area contributed by atoms with Crippen molar-refractivity contribution in [3.05, 3.63) is 150 Å². The van der Waals surface area contributed by atoms with E-state index >= 15 is 0 Å². The van der Waals surface area contributed by atoms with E-state index in [1.165, 1.54) is 58.1 Å². The molecule has 0 aliphatic rings. The number of benzene rings is 7. The first-order chi connectivity index (χ1) is 38.6. The zero-order chi connectivity index (χ0) is 62.7. The highest BCUT2D eigenvalue weighted by Gasteiger charge is 2.30. The molecule has 14 nitrogen and oxygen atoms in total. The van der Waals surface area contributed by atoms with Crippen molar-refractivity contribution >= 4 is 45.4 Å². The topological polar surface area (TPSA) is 227 Å². The molecule has 7 aromatic rings. The minimum Gasteiger partial charge on any atom is -0.508 e. The largest absolute Gasteiger partial charge is 0.508 e. The van der Waals surface area contributed by atoms with Gasteiger partial charge in [-0.3, -0.25) is 19.2 Å². The molecule has 0 fully saturated rings. The molecule has 448 valence electrons. The summed E-state index contributed by atoms with van der Waals surface area (Å²) in [5, 5.41) is 59.8. The van der Waals surface area contributed by atoms with Crippen LogP contribution in [-0.4, -0.2) is 54.5 Å². The zero-order valence-electron chi connectivity index (χ0n) is 50.8. The maximum Gasteiger partial charge on any atom is 0.316 e. The van der Waals surface area contributed by atoms with Crippen molar-refractivity contribution in [1.82, 2.24) is 0 Å². The minimum atomic E-state index is -0.806. The molecule has 0 aliphatic heterocycles.